The fourth-order valence-corrected chi connectivity index (χ4v) is 3.34. The van der Waals surface area contributed by atoms with E-state index in [1.165, 1.54) is 10.4 Å². The second-order valence-electron chi connectivity index (χ2n) is 3.58. The van der Waals surface area contributed by atoms with Gasteiger partial charge in [-0.15, -0.1) is 23.1 Å². The Morgan fingerprint density at radius 2 is 1.94 bits per heavy atom. The molecule has 0 radical (unpaired) electrons. The molecule has 4 heteroatoms. The van der Waals surface area contributed by atoms with Crippen LogP contribution in [0.3, 0.4) is 0 Å². The molecule has 0 N–H and O–H groups in total. The molecule has 0 bridgehead atoms. The highest BCUT2D eigenvalue weighted by Gasteiger charge is 2.08. The molecule has 0 aliphatic heterocycles. The Labute approximate surface area is 108 Å². The summed E-state index contributed by atoms with van der Waals surface area (Å²) >= 11 is 3.38. The number of thioether (sulfide) groups is 1. The van der Waals surface area contributed by atoms with Crippen molar-refractivity contribution >= 4 is 33.3 Å². The van der Waals surface area contributed by atoms with Gasteiger partial charge in [0.05, 0.1) is 0 Å². The van der Waals surface area contributed by atoms with Crippen molar-refractivity contribution in [2.75, 3.05) is 6.26 Å². The zero-order valence-electron chi connectivity index (χ0n) is 9.25. The zero-order valence-corrected chi connectivity index (χ0v) is 10.9. The molecule has 0 amide bonds. The van der Waals surface area contributed by atoms with Crippen molar-refractivity contribution < 1.29 is 0 Å². The first kappa shape index (κ1) is 10.7. The van der Waals surface area contributed by atoms with Crippen molar-refractivity contribution in [1.29, 1.82) is 0 Å². The molecule has 17 heavy (non-hydrogen) atoms. The normalized spacial score (nSPS) is 10.9. The van der Waals surface area contributed by atoms with E-state index in [1.54, 1.807) is 29.4 Å². The quantitative estimate of drug-likeness (QED) is 0.511. The van der Waals surface area contributed by atoms with Crippen molar-refractivity contribution in [3.63, 3.8) is 0 Å². The monoisotopic (exact) mass is 258 g/mol. The fourth-order valence-electron chi connectivity index (χ4n) is 1.74. The summed E-state index contributed by atoms with van der Waals surface area (Å²) in [6, 6.07) is 12.6. The van der Waals surface area contributed by atoms with E-state index < -0.39 is 0 Å². The maximum atomic E-state index is 4.33. The van der Waals surface area contributed by atoms with Crippen LogP contribution in [-0.2, 0) is 0 Å². The van der Waals surface area contributed by atoms with E-state index in [1.807, 2.05) is 12.3 Å². The summed E-state index contributed by atoms with van der Waals surface area (Å²) in [6.45, 7) is 0. The first-order chi connectivity index (χ1) is 8.38. The van der Waals surface area contributed by atoms with Crippen LogP contribution in [0.5, 0.6) is 0 Å². The van der Waals surface area contributed by atoms with Crippen LogP contribution in [0.2, 0.25) is 0 Å². The van der Waals surface area contributed by atoms with Crippen molar-refractivity contribution in [2.45, 2.75) is 5.03 Å². The number of thiophene rings is 1. The largest absolute Gasteiger partial charge is 0.229 e. The second kappa shape index (κ2) is 4.47. The van der Waals surface area contributed by atoms with Gasteiger partial charge in [-0.1, -0.05) is 30.3 Å². The summed E-state index contributed by atoms with van der Waals surface area (Å²) in [7, 11) is 0. The molecule has 2 nitrogen and oxygen atoms in total. The predicted octanol–water partition coefficient (Wildman–Crippen LogP) is 4.08. The highest BCUT2D eigenvalue weighted by atomic mass is 32.2. The number of benzene rings is 1. The van der Waals surface area contributed by atoms with Crippen LogP contribution in [0.4, 0.5) is 0 Å². The molecule has 1 aromatic carbocycles. The van der Waals surface area contributed by atoms with Gasteiger partial charge in [0, 0.05) is 10.3 Å². The lowest BCUT2D eigenvalue weighted by atomic mass is 10.2. The molecular weight excluding hydrogens is 248 g/mol. The molecule has 0 atom stereocenters. The van der Waals surface area contributed by atoms with E-state index in [0.29, 0.717) is 0 Å². The van der Waals surface area contributed by atoms with Crippen LogP contribution >= 0.6 is 23.1 Å². The standard InChI is InChI=1S/C13H10N2S2/c1-16-12-10-7-11(9-5-3-2-4-6-9)17-13(10)15-8-14-12/h2-8H,1H3. The zero-order chi connectivity index (χ0) is 11.7. The van der Waals surface area contributed by atoms with Crippen LogP contribution < -0.4 is 0 Å². The lowest BCUT2D eigenvalue weighted by Crippen LogP contribution is -1.80. The van der Waals surface area contributed by atoms with Crippen LogP contribution in [0.1, 0.15) is 0 Å². The van der Waals surface area contributed by atoms with Crippen LogP contribution in [0.15, 0.2) is 47.8 Å². The number of aromatic nitrogens is 2. The van der Waals surface area contributed by atoms with Gasteiger partial charge in [-0.2, -0.15) is 0 Å². The van der Waals surface area contributed by atoms with Crippen molar-refractivity contribution in [3.8, 4) is 10.4 Å². The Balaban J connectivity index is 2.20. The lowest BCUT2D eigenvalue weighted by Gasteiger charge is -1.94. The Morgan fingerprint density at radius 1 is 1.12 bits per heavy atom. The molecule has 0 aliphatic carbocycles. The molecule has 3 rings (SSSR count). The van der Waals surface area contributed by atoms with Gasteiger partial charge < -0.3 is 0 Å². The highest BCUT2D eigenvalue weighted by Crippen LogP contribution is 2.35. The van der Waals surface area contributed by atoms with Crippen LogP contribution in [-0.4, -0.2) is 16.2 Å². The molecule has 2 aromatic heterocycles. The van der Waals surface area contributed by atoms with Crippen molar-refractivity contribution in [1.82, 2.24) is 9.97 Å². The molecule has 0 spiro atoms. The van der Waals surface area contributed by atoms with Gasteiger partial charge >= 0.3 is 0 Å². The molecule has 0 unspecified atom stereocenters. The number of nitrogens with zero attached hydrogens (tertiary/aromatic N) is 2. The van der Waals surface area contributed by atoms with Gasteiger partial charge in [-0.3, -0.25) is 0 Å². The summed E-state index contributed by atoms with van der Waals surface area (Å²) in [6.07, 6.45) is 3.68. The molecule has 0 fully saturated rings. The molecule has 84 valence electrons. The molecule has 0 saturated heterocycles. The maximum Gasteiger partial charge on any atom is 0.128 e. The van der Waals surface area contributed by atoms with Gasteiger partial charge in [0.25, 0.3) is 0 Å². The number of fused-ring (bicyclic) bond motifs is 1. The van der Waals surface area contributed by atoms with Gasteiger partial charge in [0.1, 0.15) is 16.2 Å². The first-order valence-corrected chi connectivity index (χ1v) is 7.26. The van der Waals surface area contributed by atoms with Crippen LogP contribution in [0.25, 0.3) is 20.7 Å². The van der Waals surface area contributed by atoms with Gasteiger partial charge in [-0.05, 0) is 17.9 Å². The van der Waals surface area contributed by atoms with Crippen molar-refractivity contribution in [2.24, 2.45) is 0 Å². The van der Waals surface area contributed by atoms with E-state index in [2.05, 4.69) is 40.3 Å². The number of rotatable bonds is 2. The minimum atomic E-state index is 1.05. The van der Waals surface area contributed by atoms with E-state index in [4.69, 9.17) is 0 Å². The molecule has 0 aliphatic rings. The van der Waals surface area contributed by atoms with Crippen molar-refractivity contribution in [3.05, 3.63) is 42.7 Å². The third kappa shape index (κ3) is 1.94. The van der Waals surface area contributed by atoms with Gasteiger partial charge in [0.15, 0.2) is 0 Å². The Bertz CT molecular complexity index is 647. The number of hydrogen-bond acceptors (Lipinski definition) is 4. The summed E-state index contributed by atoms with van der Waals surface area (Å²) in [5.41, 5.74) is 1.24. The van der Waals surface area contributed by atoms with Gasteiger partial charge in [-0.25, -0.2) is 9.97 Å². The summed E-state index contributed by atoms with van der Waals surface area (Å²) in [5, 5.41) is 2.21. The average Bonchev–Trinajstić information content (AvgIpc) is 2.83. The van der Waals surface area contributed by atoms with E-state index in [0.717, 1.165) is 15.2 Å². The molecular formula is C13H10N2S2. The first-order valence-electron chi connectivity index (χ1n) is 5.22. The third-order valence-electron chi connectivity index (χ3n) is 2.54. The van der Waals surface area contributed by atoms with E-state index >= 15 is 0 Å². The molecule has 3 aromatic rings. The number of hydrogen-bond donors (Lipinski definition) is 0. The topological polar surface area (TPSA) is 25.8 Å². The molecule has 0 saturated carbocycles. The SMILES string of the molecule is CSc1ncnc2sc(-c3ccccc3)cc12. The second-order valence-corrected chi connectivity index (χ2v) is 5.40. The minimum absolute atomic E-state index is 1.05. The summed E-state index contributed by atoms with van der Waals surface area (Å²) < 4.78 is 0. The van der Waals surface area contributed by atoms with Gasteiger partial charge in [0.2, 0.25) is 0 Å². The third-order valence-corrected chi connectivity index (χ3v) is 4.35. The smallest absolute Gasteiger partial charge is 0.128 e. The van der Waals surface area contributed by atoms with E-state index in [9.17, 15) is 0 Å². The highest BCUT2D eigenvalue weighted by molar-refractivity contribution is 7.98. The predicted molar refractivity (Wildman–Crippen MR) is 74.6 cm³/mol. The Morgan fingerprint density at radius 3 is 2.71 bits per heavy atom. The van der Waals surface area contributed by atoms with E-state index in [-0.39, 0.29) is 0 Å². The Hall–Kier alpha value is -1.39. The molecule has 2 heterocycles. The fraction of sp³-hybridized carbons (Fsp3) is 0.0769. The summed E-state index contributed by atoms with van der Waals surface area (Å²) in [4.78, 5) is 10.9. The minimum Gasteiger partial charge on any atom is -0.229 e. The maximum absolute atomic E-state index is 4.33. The lowest BCUT2D eigenvalue weighted by molar-refractivity contribution is 1.11. The Kier molecular flexibility index (Phi) is 2.82. The summed E-state index contributed by atoms with van der Waals surface area (Å²) in [5.74, 6) is 0. The van der Waals surface area contributed by atoms with Crippen LogP contribution in [0, 0.1) is 0 Å². The average molecular weight is 258 g/mol.